The summed E-state index contributed by atoms with van der Waals surface area (Å²) in [6, 6.07) is 7.40. The summed E-state index contributed by atoms with van der Waals surface area (Å²) < 4.78 is 9.78. The number of hydrogen-bond donors (Lipinski definition) is 2. The van der Waals surface area contributed by atoms with Crippen LogP contribution in [0, 0.1) is 0 Å². The number of carbonyl (C=O) groups excluding carboxylic acids is 1. The Morgan fingerprint density at radius 2 is 2.17 bits per heavy atom. The summed E-state index contributed by atoms with van der Waals surface area (Å²) in [5.41, 5.74) is 3.08. The fourth-order valence-corrected chi connectivity index (χ4v) is 2.60. The number of thiazole rings is 1. The first-order valence-corrected chi connectivity index (χ1v) is 7.85. The van der Waals surface area contributed by atoms with E-state index in [1.165, 1.54) is 17.6 Å². The van der Waals surface area contributed by atoms with Crippen molar-refractivity contribution in [3.8, 4) is 5.75 Å². The van der Waals surface area contributed by atoms with Gasteiger partial charge in [-0.05, 0) is 31.2 Å². The molecule has 0 aliphatic carbocycles. The number of anilines is 2. The number of amides is 1. The molecule has 1 aromatic heterocycles. The fraction of sp³-hybridized carbons (Fsp3) is 0.214. The van der Waals surface area contributed by atoms with Crippen LogP contribution in [0.1, 0.15) is 11.8 Å². The molecule has 7 nitrogen and oxygen atoms in total. The molecule has 23 heavy (non-hydrogen) atoms. The molecule has 0 radical (unpaired) electrons. The van der Waals surface area contributed by atoms with Gasteiger partial charge in [0.2, 0.25) is 0 Å². The molecule has 9 heteroatoms. The van der Waals surface area contributed by atoms with Crippen LogP contribution in [0.25, 0.3) is 0 Å². The second kappa shape index (κ2) is 8.35. The monoisotopic (exact) mass is 354 g/mol. The Labute approximate surface area is 142 Å². The average molecular weight is 355 g/mol. The van der Waals surface area contributed by atoms with Crippen LogP contribution in [0.3, 0.4) is 0 Å². The van der Waals surface area contributed by atoms with Crippen molar-refractivity contribution in [1.82, 2.24) is 10.4 Å². The van der Waals surface area contributed by atoms with Crippen molar-refractivity contribution in [3.05, 3.63) is 34.3 Å². The molecule has 0 aliphatic rings. The van der Waals surface area contributed by atoms with Crippen LogP contribution >= 0.6 is 22.9 Å². The number of nitrogens with zero attached hydrogens (tertiary/aromatic N) is 2. The number of hydrazone groups is 1. The van der Waals surface area contributed by atoms with Crippen molar-refractivity contribution in [2.45, 2.75) is 6.92 Å². The number of ether oxygens (including phenoxy) is 2. The predicted molar refractivity (Wildman–Crippen MR) is 91.2 cm³/mol. The lowest BCUT2D eigenvalue weighted by Gasteiger charge is -2.03. The topological polar surface area (TPSA) is 84.8 Å². The number of rotatable bonds is 6. The van der Waals surface area contributed by atoms with E-state index in [4.69, 9.17) is 16.3 Å². The number of nitrogens with one attached hydrogen (secondary N) is 2. The van der Waals surface area contributed by atoms with E-state index in [1.807, 2.05) is 24.3 Å². The molecule has 0 atom stereocenters. The lowest BCUT2D eigenvalue weighted by atomic mass is 10.3. The molecule has 0 bridgehead atoms. The van der Waals surface area contributed by atoms with Crippen LogP contribution in [0.5, 0.6) is 5.75 Å². The molecule has 1 amide bonds. The van der Waals surface area contributed by atoms with Gasteiger partial charge in [0.15, 0.2) is 10.3 Å². The van der Waals surface area contributed by atoms with Crippen molar-refractivity contribution in [1.29, 1.82) is 0 Å². The maximum Gasteiger partial charge on any atom is 0.427 e. The van der Waals surface area contributed by atoms with Gasteiger partial charge >= 0.3 is 6.09 Å². The van der Waals surface area contributed by atoms with Crippen molar-refractivity contribution < 1.29 is 14.3 Å². The highest BCUT2D eigenvalue weighted by Gasteiger charge is 2.08. The quantitative estimate of drug-likeness (QED) is 0.611. The summed E-state index contributed by atoms with van der Waals surface area (Å²) in [7, 11) is 1.61. The largest absolute Gasteiger partial charge is 0.497 e. The number of halogens is 1. The van der Waals surface area contributed by atoms with Gasteiger partial charge in [-0.15, -0.1) is 0 Å². The van der Waals surface area contributed by atoms with Crippen LogP contribution in [-0.2, 0) is 4.74 Å². The van der Waals surface area contributed by atoms with E-state index in [2.05, 4.69) is 25.6 Å². The zero-order chi connectivity index (χ0) is 16.7. The van der Waals surface area contributed by atoms with E-state index in [9.17, 15) is 4.79 Å². The Morgan fingerprint density at radius 1 is 1.43 bits per heavy atom. The molecule has 2 N–H and O–H groups in total. The number of hydrogen-bond acceptors (Lipinski definition) is 7. The first-order chi connectivity index (χ1) is 11.1. The number of aromatic nitrogens is 1. The van der Waals surface area contributed by atoms with E-state index in [0.29, 0.717) is 15.2 Å². The summed E-state index contributed by atoms with van der Waals surface area (Å²) in [4.78, 5) is 15.9. The van der Waals surface area contributed by atoms with Gasteiger partial charge in [0, 0.05) is 5.69 Å². The lowest BCUT2D eigenvalue weighted by Crippen LogP contribution is -2.18. The summed E-state index contributed by atoms with van der Waals surface area (Å²) >= 11 is 7.34. The third-order valence-electron chi connectivity index (χ3n) is 2.56. The molecule has 1 heterocycles. The number of carbonyl (C=O) groups is 1. The van der Waals surface area contributed by atoms with Gasteiger partial charge in [0.05, 0.1) is 24.8 Å². The molecule has 0 unspecified atom stereocenters. The minimum atomic E-state index is -0.624. The Morgan fingerprint density at radius 3 is 2.83 bits per heavy atom. The van der Waals surface area contributed by atoms with E-state index < -0.39 is 6.09 Å². The van der Waals surface area contributed by atoms with Gasteiger partial charge in [-0.2, -0.15) is 5.10 Å². The lowest BCUT2D eigenvalue weighted by molar-refractivity contribution is 0.152. The van der Waals surface area contributed by atoms with Crippen molar-refractivity contribution >= 4 is 46.1 Å². The maximum atomic E-state index is 11.1. The SMILES string of the molecule is CCOC(=O)N/N=C/c1sc(Nc2ccc(OC)cc2)nc1Cl. The Balaban J connectivity index is 1.99. The molecule has 0 spiro atoms. The summed E-state index contributed by atoms with van der Waals surface area (Å²) in [5, 5.41) is 7.79. The second-order valence-electron chi connectivity index (χ2n) is 4.12. The van der Waals surface area contributed by atoms with Crippen LogP contribution in [-0.4, -0.2) is 31.0 Å². The molecule has 2 aromatic rings. The standard InChI is InChI=1S/C14H15ClN4O3S/c1-3-22-14(20)19-16-8-11-12(15)18-13(23-11)17-9-4-6-10(21-2)7-5-9/h4-8H,3H2,1-2H3,(H,17,18)(H,19,20)/b16-8+. The van der Waals surface area contributed by atoms with Crippen molar-refractivity contribution in [2.75, 3.05) is 19.0 Å². The minimum Gasteiger partial charge on any atom is -0.497 e. The average Bonchev–Trinajstić information content (AvgIpc) is 2.88. The van der Waals surface area contributed by atoms with Gasteiger partial charge < -0.3 is 14.8 Å². The van der Waals surface area contributed by atoms with Crippen LogP contribution in [0.2, 0.25) is 5.15 Å². The summed E-state index contributed by atoms with van der Waals surface area (Å²) in [6.07, 6.45) is 0.789. The van der Waals surface area contributed by atoms with Crippen LogP contribution in [0.4, 0.5) is 15.6 Å². The van der Waals surface area contributed by atoms with Crippen molar-refractivity contribution in [3.63, 3.8) is 0 Å². The molecule has 0 aliphatic heterocycles. The van der Waals surface area contributed by atoms with E-state index in [-0.39, 0.29) is 6.61 Å². The van der Waals surface area contributed by atoms with Crippen LogP contribution < -0.4 is 15.5 Å². The van der Waals surface area contributed by atoms with Gasteiger partial charge in [-0.1, -0.05) is 22.9 Å². The predicted octanol–water partition coefficient (Wildman–Crippen LogP) is 3.63. The van der Waals surface area contributed by atoms with Crippen LogP contribution in [0.15, 0.2) is 29.4 Å². The summed E-state index contributed by atoms with van der Waals surface area (Å²) in [6.45, 7) is 1.99. The number of methoxy groups -OCH3 is 1. The fourth-order valence-electron chi connectivity index (χ4n) is 1.55. The normalized spacial score (nSPS) is 10.6. The molecule has 1 aromatic carbocycles. The van der Waals surface area contributed by atoms with E-state index in [1.54, 1.807) is 14.0 Å². The molecule has 122 valence electrons. The zero-order valence-corrected chi connectivity index (χ0v) is 14.1. The zero-order valence-electron chi connectivity index (χ0n) is 12.5. The van der Waals surface area contributed by atoms with Gasteiger partial charge in [-0.25, -0.2) is 15.2 Å². The Kier molecular flexibility index (Phi) is 6.19. The maximum absolute atomic E-state index is 11.1. The number of benzene rings is 1. The molecular formula is C14H15ClN4O3S. The summed E-state index contributed by atoms with van der Waals surface area (Å²) in [5.74, 6) is 0.769. The highest BCUT2D eigenvalue weighted by atomic mass is 35.5. The van der Waals surface area contributed by atoms with Gasteiger partial charge in [-0.3, -0.25) is 0 Å². The highest BCUT2D eigenvalue weighted by Crippen LogP contribution is 2.28. The van der Waals surface area contributed by atoms with Crippen molar-refractivity contribution in [2.24, 2.45) is 5.10 Å². The molecule has 2 rings (SSSR count). The van der Waals surface area contributed by atoms with Gasteiger partial charge in [0.1, 0.15) is 5.75 Å². The first-order valence-electron chi connectivity index (χ1n) is 6.65. The molecular weight excluding hydrogens is 340 g/mol. The smallest absolute Gasteiger partial charge is 0.427 e. The second-order valence-corrected chi connectivity index (χ2v) is 5.51. The van der Waals surface area contributed by atoms with E-state index in [0.717, 1.165) is 11.4 Å². The Hall–Kier alpha value is -2.32. The third kappa shape index (κ3) is 5.11. The molecule has 0 fully saturated rings. The molecule has 0 saturated heterocycles. The minimum absolute atomic E-state index is 0.276. The van der Waals surface area contributed by atoms with E-state index >= 15 is 0 Å². The van der Waals surface area contributed by atoms with Gasteiger partial charge in [0.25, 0.3) is 0 Å². The highest BCUT2D eigenvalue weighted by molar-refractivity contribution is 7.17. The first kappa shape index (κ1) is 17.0. The Bertz CT molecular complexity index is 688. The molecule has 0 saturated carbocycles. The third-order valence-corrected chi connectivity index (χ3v) is 3.87.